The minimum Gasteiger partial charge on any atom is -0.497 e. The number of nitrogens with one attached hydrogen (secondary N) is 1. The Kier molecular flexibility index (Phi) is 3.80. The number of nitrogens with zero attached hydrogens (tertiary/aromatic N) is 3. The quantitative estimate of drug-likeness (QED) is 0.865. The molecule has 1 aromatic carbocycles. The van der Waals surface area contributed by atoms with Crippen molar-refractivity contribution in [3.8, 4) is 5.75 Å². The predicted octanol–water partition coefficient (Wildman–Crippen LogP) is 3.03. The number of carbonyl (C=O) groups is 1. The summed E-state index contributed by atoms with van der Waals surface area (Å²) < 4.78 is 7.07. The van der Waals surface area contributed by atoms with Crippen LogP contribution in [0.15, 0.2) is 40.7 Å². The van der Waals surface area contributed by atoms with Crippen LogP contribution in [0.2, 0.25) is 0 Å². The minimum atomic E-state index is -0.233. The number of fused-ring (bicyclic) bond motifs is 1. The van der Waals surface area contributed by atoms with E-state index < -0.39 is 0 Å². The monoisotopic (exact) mass is 342 g/mol. The maximum Gasteiger partial charge on any atom is 0.227 e. The highest BCUT2D eigenvalue weighted by molar-refractivity contribution is 7.98. The van der Waals surface area contributed by atoms with Crippen LogP contribution >= 0.6 is 11.8 Å². The highest BCUT2D eigenvalue weighted by Crippen LogP contribution is 2.40. The number of carbonyl (C=O) groups excluding carboxylic acids is 1. The summed E-state index contributed by atoms with van der Waals surface area (Å²) in [5.41, 5.74) is 2.81. The van der Waals surface area contributed by atoms with Gasteiger partial charge in [0.15, 0.2) is 5.78 Å². The first-order valence-corrected chi connectivity index (χ1v) is 9.11. The maximum atomic E-state index is 12.6. The summed E-state index contributed by atoms with van der Waals surface area (Å²) in [5, 5.41) is 8.60. The van der Waals surface area contributed by atoms with E-state index in [1.807, 2.05) is 35.2 Å². The highest BCUT2D eigenvalue weighted by atomic mass is 32.2. The Labute approximate surface area is 144 Å². The number of hydrogen-bond acceptors (Lipinski definition) is 6. The van der Waals surface area contributed by atoms with Gasteiger partial charge in [-0.25, -0.2) is 4.68 Å². The van der Waals surface area contributed by atoms with Crippen molar-refractivity contribution in [2.75, 3.05) is 18.7 Å². The Hall–Kier alpha value is -2.28. The van der Waals surface area contributed by atoms with Gasteiger partial charge in [-0.1, -0.05) is 23.9 Å². The first kappa shape index (κ1) is 15.3. The molecule has 2 aromatic rings. The maximum absolute atomic E-state index is 12.6. The number of methoxy groups -OCH3 is 1. The molecular formula is C17H18N4O2S. The van der Waals surface area contributed by atoms with Gasteiger partial charge in [0, 0.05) is 17.7 Å². The van der Waals surface area contributed by atoms with Gasteiger partial charge in [0.25, 0.3) is 0 Å². The molecule has 2 aliphatic rings. The van der Waals surface area contributed by atoms with Gasteiger partial charge < -0.3 is 10.1 Å². The Balaban J connectivity index is 1.87. The topological polar surface area (TPSA) is 69.0 Å². The number of benzene rings is 1. The average Bonchev–Trinajstić information content (AvgIpc) is 3.03. The van der Waals surface area contributed by atoms with Crippen LogP contribution in [-0.2, 0) is 4.79 Å². The molecule has 0 bridgehead atoms. The molecule has 124 valence electrons. The number of rotatable bonds is 3. The van der Waals surface area contributed by atoms with Gasteiger partial charge in [-0.3, -0.25) is 4.79 Å². The van der Waals surface area contributed by atoms with Crippen LogP contribution in [-0.4, -0.2) is 33.9 Å². The third-order valence-corrected chi connectivity index (χ3v) is 5.00. The lowest BCUT2D eigenvalue weighted by Gasteiger charge is -2.32. The summed E-state index contributed by atoms with van der Waals surface area (Å²) in [7, 11) is 1.64. The fraction of sp³-hybridized carbons (Fsp3) is 0.353. The summed E-state index contributed by atoms with van der Waals surface area (Å²) in [4.78, 5) is 17.2. The Bertz CT molecular complexity index is 826. The Morgan fingerprint density at radius 1 is 1.29 bits per heavy atom. The van der Waals surface area contributed by atoms with Crippen LogP contribution in [0.3, 0.4) is 0 Å². The fourth-order valence-electron chi connectivity index (χ4n) is 3.32. The number of hydrogen-bond donors (Lipinski definition) is 1. The first-order chi connectivity index (χ1) is 11.7. The molecule has 0 saturated heterocycles. The van der Waals surface area contributed by atoms with Crippen LogP contribution in [0, 0.1) is 0 Å². The van der Waals surface area contributed by atoms with Gasteiger partial charge in [-0.05, 0) is 36.8 Å². The number of aromatic nitrogens is 3. The second-order valence-corrected chi connectivity index (χ2v) is 6.61. The standard InChI is InChI=1S/C17H18N4O2S/c1-23-11-8-6-10(7-9-11)15-14-12(4-3-5-13(14)22)18-16-19-17(24-2)20-21(15)16/h6-9,15H,3-5H2,1-2H3,(H,18,19,20)/t15-/m0/s1. The number of anilines is 1. The van der Waals surface area contributed by atoms with Gasteiger partial charge in [0.1, 0.15) is 11.8 Å². The molecule has 1 atom stereocenters. The molecule has 0 fully saturated rings. The van der Waals surface area contributed by atoms with E-state index in [9.17, 15) is 4.79 Å². The normalized spacial score (nSPS) is 19.6. The van der Waals surface area contributed by atoms with E-state index >= 15 is 0 Å². The summed E-state index contributed by atoms with van der Waals surface area (Å²) >= 11 is 1.49. The molecule has 1 aromatic heterocycles. The SMILES string of the molecule is COc1ccc([C@H]2C3=C(CCCC3=O)Nc3nc(SC)nn32)cc1. The molecule has 0 amide bonds. The third-order valence-electron chi connectivity index (χ3n) is 4.46. The van der Waals surface area contributed by atoms with Crippen molar-refractivity contribution < 1.29 is 9.53 Å². The molecule has 24 heavy (non-hydrogen) atoms. The molecular weight excluding hydrogens is 324 g/mol. The zero-order valence-corrected chi connectivity index (χ0v) is 14.4. The van der Waals surface area contributed by atoms with Crippen molar-refractivity contribution >= 4 is 23.5 Å². The lowest BCUT2D eigenvalue weighted by atomic mass is 9.85. The number of ketones is 1. The molecule has 7 heteroatoms. The van der Waals surface area contributed by atoms with Gasteiger partial charge in [0.2, 0.25) is 11.1 Å². The van der Waals surface area contributed by atoms with Crippen molar-refractivity contribution in [1.82, 2.24) is 14.8 Å². The molecule has 0 saturated carbocycles. The van der Waals surface area contributed by atoms with Crippen LogP contribution in [0.25, 0.3) is 0 Å². The molecule has 1 N–H and O–H groups in total. The minimum absolute atomic E-state index is 0.191. The predicted molar refractivity (Wildman–Crippen MR) is 92.4 cm³/mol. The number of ether oxygens (including phenoxy) is 1. The molecule has 6 nitrogen and oxygen atoms in total. The zero-order valence-electron chi connectivity index (χ0n) is 13.6. The van der Waals surface area contributed by atoms with E-state index in [0.29, 0.717) is 17.5 Å². The zero-order chi connectivity index (χ0) is 16.7. The van der Waals surface area contributed by atoms with E-state index in [1.54, 1.807) is 7.11 Å². The molecule has 1 aliphatic heterocycles. The fourth-order valence-corrected chi connectivity index (χ4v) is 3.66. The summed E-state index contributed by atoms with van der Waals surface area (Å²) in [6.45, 7) is 0. The van der Waals surface area contributed by atoms with E-state index in [2.05, 4.69) is 15.4 Å². The van der Waals surface area contributed by atoms with E-state index in [-0.39, 0.29) is 11.8 Å². The summed E-state index contributed by atoms with van der Waals surface area (Å²) in [5.74, 6) is 1.69. The third kappa shape index (κ3) is 2.39. The number of thioether (sulfide) groups is 1. The Morgan fingerprint density at radius 3 is 2.79 bits per heavy atom. The molecule has 0 radical (unpaired) electrons. The average molecular weight is 342 g/mol. The first-order valence-electron chi connectivity index (χ1n) is 7.89. The second-order valence-electron chi connectivity index (χ2n) is 5.84. The van der Waals surface area contributed by atoms with Crippen LogP contribution in [0.5, 0.6) is 5.75 Å². The largest absolute Gasteiger partial charge is 0.497 e. The number of Topliss-reactive ketones (excluding diaryl/α,β-unsaturated/α-hetero) is 1. The summed E-state index contributed by atoms with van der Waals surface area (Å²) in [6.07, 6.45) is 4.29. The van der Waals surface area contributed by atoms with Gasteiger partial charge in [-0.2, -0.15) is 4.98 Å². The molecule has 2 heterocycles. The van der Waals surface area contributed by atoms with Gasteiger partial charge >= 0.3 is 0 Å². The van der Waals surface area contributed by atoms with E-state index in [0.717, 1.165) is 35.4 Å². The molecule has 0 unspecified atom stereocenters. The van der Waals surface area contributed by atoms with E-state index in [1.165, 1.54) is 11.8 Å². The van der Waals surface area contributed by atoms with Crippen molar-refractivity contribution in [2.24, 2.45) is 0 Å². The van der Waals surface area contributed by atoms with Crippen molar-refractivity contribution in [3.63, 3.8) is 0 Å². The Morgan fingerprint density at radius 2 is 2.08 bits per heavy atom. The lowest BCUT2D eigenvalue weighted by Crippen LogP contribution is -2.31. The van der Waals surface area contributed by atoms with Crippen LogP contribution < -0.4 is 10.1 Å². The number of allylic oxidation sites excluding steroid dienone is 2. The van der Waals surface area contributed by atoms with Gasteiger partial charge in [-0.15, -0.1) is 5.10 Å². The van der Waals surface area contributed by atoms with Crippen LogP contribution in [0.4, 0.5) is 5.95 Å². The van der Waals surface area contributed by atoms with Crippen LogP contribution in [0.1, 0.15) is 30.9 Å². The molecule has 4 rings (SSSR count). The van der Waals surface area contributed by atoms with Crippen molar-refractivity contribution in [3.05, 3.63) is 41.1 Å². The molecule has 1 aliphatic carbocycles. The van der Waals surface area contributed by atoms with Crippen molar-refractivity contribution in [1.29, 1.82) is 0 Å². The summed E-state index contributed by atoms with van der Waals surface area (Å²) in [6, 6.07) is 7.58. The highest BCUT2D eigenvalue weighted by Gasteiger charge is 2.36. The second kappa shape index (κ2) is 5.98. The smallest absolute Gasteiger partial charge is 0.227 e. The molecule has 0 spiro atoms. The van der Waals surface area contributed by atoms with E-state index in [4.69, 9.17) is 4.74 Å². The van der Waals surface area contributed by atoms with Crippen molar-refractivity contribution in [2.45, 2.75) is 30.5 Å². The lowest BCUT2D eigenvalue weighted by molar-refractivity contribution is -0.116. The van der Waals surface area contributed by atoms with Gasteiger partial charge in [0.05, 0.1) is 7.11 Å².